The molecule has 5 rings (SSSR count). The number of carboxylic acid groups (broad SMARTS) is 1. The molecule has 0 saturated carbocycles. The summed E-state index contributed by atoms with van der Waals surface area (Å²) >= 11 is 0. The number of hydrogen-bond donors (Lipinski definition) is 1. The summed E-state index contributed by atoms with van der Waals surface area (Å²) < 4.78 is 2.06. The Labute approximate surface area is 196 Å². The summed E-state index contributed by atoms with van der Waals surface area (Å²) in [7, 11) is 0. The molecule has 5 aromatic rings. The topological polar surface area (TPSA) is 79.9 Å². The van der Waals surface area contributed by atoms with Gasteiger partial charge < -0.3 is 5.11 Å². The van der Waals surface area contributed by atoms with E-state index in [2.05, 4.69) is 26.7 Å². The Balaban J connectivity index is 1.47. The van der Waals surface area contributed by atoms with E-state index in [0.717, 1.165) is 39.5 Å². The van der Waals surface area contributed by atoms with Crippen LogP contribution in [0.15, 0.2) is 110 Å². The van der Waals surface area contributed by atoms with Gasteiger partial charge in [-0.15, -0.1) is 0 Å². The highest BCUT2D eigenvalue weighted by Gasteiger charge is 2.12. The summed E-state index contributed by atoms with van der Waals surface area (Å²) in [6.45, 7) is 0.648. The predicted octanol–water partition coefficient (Wildman–Crippen LogP) is 4.91. The Morgan fingerprint density at radius 1 is 0.706 bits per heavy atom. The van der Waals surface area contributed by atoms with Crippen LogP contribution < -0.4 is 4.57 Å². The zero-order valence-corrected chi connectivity index (χ0v) is 18.2. The lowest BCUT2D eigenvalue weighted by Crippen LogP contribution is -2.33. The second-order valence-electron chi connectivity index (χ2n) is 7.82. The number of carbonyl (C=O) groups is 1. The molecule has 0 fully saturated rings. The monoisotopic (exact) mass is 445 g/mol. The van der Waals surface area contributed by atoms with Crippen LogP contribution in [0.4, 0.5) is 0 Å². The van der Waals surface area contributed by atoms with E-state index in [0.29, 0.717) is 6.54 Å². The number of benzene rings is 1. The van der Waals surface area contributed by atoms with E-state index in [4.69, 9.17) is 10.1 Å². The third-order valence-electron chi connectivity index (χ3n) is 5.47. The highest BCUT2D eigenvalue weighted by Crippen LogP contribution is 2.28. The molecule has 0 unspecified atom stereocenters. The maximum Gasteiger partial charge on any atom is 0.335 e. The molecule has 1 N–H and O–H groups in total. The number of pyridine rings is 4. The van der Waals surface area contributed by atoms with Crippen molar-refractivity contribution in [2.24, 2.45) is 0 Å². The van der Waals surface area contributed by atoms with Crippen molar-refractivity contribution in [2.75, 3.05) is 0 Å². The van der Waals surface area contributed by atoms with Gasteiger partial charge >= 0.3 is 5.97 Å². The molecular formula is C28H21N4O2+. The fourth-order valence-corrected chi connectivity index (χ4v) is 3.71. The fraction of sp³-hybridized carbons (Fsp3) is 0.0357. The van der Waals surface area contributed by atoms with Gasteiger partial charge in [0.2, 0.25) is 0 Å². The van der Waals surface area contributed by atoms with Crippen molar-refractivity contribution in [3.8, 4) is 33.9 Å². The van der Waals surface area contributed by atoms with E-state index in [1.807, 2.05) is 73.1 Å². The van der Waals surface area contributed by atoms with Crippen LogP contribution in [0.1, 0.15) is 15.9 Å². The van der Waals surface area contributed by atoms with Crippen molar-refractivity contribution >= 4 is 5.97 Å². The van der Waals surface area contributed by atoms with Gasteiger partial charge in [-0.1, -0.05) is 24.3 Å². The van der Waals surface area contributed by atoms with Crippen molar-refractivity contribution in [3.63, 3.8) is 0 Å². The van der Waals surface area contributed by atoms with Crippen LogP contribution in [0.3, 0.4) is 0 Å². The van der Waals surface area contributed by atoms with E-state index >= 15 is 0 Å². The summed E-state index contributed by atoms with van der Waals surface area (Å²) in [4.78, 5) is 24.8. The van der Waals surface area contributed by atoms with Crippen molar-refractivity contribution in [1.82, 2.24) is 15.0 Å². The average Bonchev–Trinajstić information content (AvgIpc) is 2.90. The van der Waals surface area contributed by atoms with Crippen LogP contribution in [0.5, 0.6) is 0 Å². The number of hydrogen-bond acceptors (Lipinski definition) is 4. The molecule has 4 heterocycles. The predicted molar refractivity (Wildman–Crippen MR) is 129 cm³/mol. The average molecular weight is 446 g/mol. The smallest absolute Gasteiger partial charge is 0.335 e. The van der Waals surface area contributed by atoms with Gasteiger partial charge in [0.25, 0.3) is 0 Å². The van der Waals surface area contributed by atoms with Crippen LogP contribution in [-0.4, -0.2) is 26.0 Å². The molecule has 6 nitrogen and oxygen atoms in total. The molecule has 4 aromatic heterocycles. The molecule has 0 aliphatic heterocycles. The third kappa shape index (κ3) is 4.71. The van der Waals surface area contributed by atoms with E-state index in [9.17, 15) is 4.79 Å². The van der Waals surface area contributed by atoms with Gasteiger partial charge in [-0.2, -0.15) is 0 Å². The minimum atomic E-state index is -0.920. The molecule has 0 aliphatic rings. The quantitative estimate of drug-likeness (QED) is 0.376. The molecule has 0 bridgehead atoms. The molecule has 34 heavy (non-hydrogen) atoms. The number of aromatic nitrogens is 4. The molecule has 0 spiro atoms. The van der Waals surface area contributed by atoms with Crippen LogP contribution >= 0.6 is 0 Å². The normalized spacial score (nSPS) is 10.7. The van der Waals surface area contributed by atoms with Gasteiger partial charge in [0.1, 0.15) is 0 Å². The van der Waals surface area contributed by atoms with Crippen LogP contribution in [0, 0.1) is 0 Å². The van der Waals surface area contributed by atoms with Crippen LogP contribution in [-0.2, 0) is 6.54 Å². The summed E-state index contributed by atoms with van der Waals surface area (Å²) in [5.74, 6) is -0.920. The second kappa shape index (κ2) is 9.42. The van der Waals surface area contributed by atoms with Crippen molar-refractivity contribution in [3.05, 3.63) is 121 Å². The van der Waals surface area contributed by atoms with Gasteiger partial charge in [0.05, 0.1) is 28.3 Å². The third-order valence-corrected chi connectivity index (χ3v) is 5.47. The molecule has 0 saturated heterocycles. The van der Waals surface area contributed by atoms with E-state index in [-0.39, 0.29) is 5.56 Å². The second-order valence-corrected chi connectivity index (χ2v) is 7.82. The van der Waals surface area contributed by atoms with E-state index in [1.54, 1.807) is 24.5 Å². The summed E-state index contributed by atoms with van der Waals surface area (Å²) in [5.41, 5.74) is 6.57. The first-order chi connectivity index (χ1) is 16.7. The Morgan fingerprint density at radius 2 is 1.29 bits per heavy atom. The molecule has 0 radical (unpaired) electrons. The van der Waals surface area contributed by atoms with Crippen molar-refractivity contribution in [1.29, 1.82) is 0 Å². The number of aromatic carboxylic acids is 1. The lowest BCUT2D eigenvalue weighted by atomic mass is 10.0. The molecule has 0 atom stereocenters. The summed E-state index contributed by atoms with van der Waals surface area (Å²) in [5, 5.41) is 9.07. The minimum absolute atomic E-state index is 0.286. The zero-order valence-electron chi connectivity index (χ0n) is 18.2. The van der Waals surface area contributed by atoms with Crippen LogP contribution in [0.2, 0.25) is 0 Å². The SMILES string of the molecule is O=C(O)c1ccc(C[n+]2ccc(-c3cc(-c4ccccn4)nc(-c4ccccn4)c3)cc2)cc1. The lowest BCUT2D eigenvalue weighted by molar-refractivity contribution is -0.688. The van der Waals surface area contributed by atoms with Gasteiger partial charge in [-0.3, -0.25) is 9.97 Å². The summed E-state index contributed by atoms with van der Waals surface area (Å²) in [6, 6.07) is 26.7. The highest BCUT2D eigenvalue weighted by atomic mass is 16.4. The lowest BCUT2D eigenvalue weighted by Gasteiger charge is -2.09. The minimum Gasteiger partial charge on any atom is -0.478 e. The van der Waals surface area contributed by atoms with Crippen molar-refractivity contribution in [2.45, 2.75) is 6.54 Å². The number of carboxylic acids is 1. The Morgan fingerprint density at radius 3 is 1.79 bits per heavy atom. The Hall–Kier alpha value is -4.71. The molecule has 164 valence electrons. The van der Waals surface area contributed by atoms with Gasteiger partial charge in [0.15, 0.2) is 18.9 Å². The largest absolute Gasteiger partial charge is 0.478 e. The van der Waals surface area contributed by atoms with Gasteiger partial charge in [-0.05, 0) is 59.7 Å². The number of nitrogens with zero attached hydrogens (tertiary/aromatic N) is 4. The van der Waals surface area contributed by atoms with Crippen LogP contribution in [0.25, 0.3) is 33.9 Å². The van der Waals surface area contributed by atoms with E-state index in [1.165, 1.54) is 0 Å². The first kappa shape index (κ1) is 21.2. The molecule has 0 amide bonds. The maximum absolute atomic E-state index is 11.1. The summed E-state index contributed by atoms with van der Waals surface area (Å²) in [6.07, 6.45) is 7.56. The molecular weight excluding hydrogens is 424 g/mol. The Bertz CT molecular complexity index is 1360. The number of rotatable bonds is 6. The molecule has 6 heteroatoms. The maximum atomic E-state index is 11.1. The first-order valence-electron chi connectivity index (χ1n) is 10.8. The van der Waals surface area contributed by atoms with Gasteiger partial charge in [-0.25, -0.2) is 14.3 Å². The molecule has 0 aliphatic carbocycles. The highest BCUT2D eigenvalue weighted by molar-refractivity contribution is 5.87. The standard InChI is InChI=1S/C28H20N4O2/c33-28(34)22-9-7-20(8-10-22)19-32-15-11-21(12-16-32)23-17-26(24-5-1-3-13-29-24)31-27(18-23)25-6-2-4-14-30-25/h1-18H,19H2/p+1. The zero-order chi connectivity index (χ0) is 23.3. The fourth-order valence-electron chi connectivity index (χ4n) is 3.71. The van der Waals surface area contributed by atoms with Gasteiger partial charge in [0, 0.05) is 30.1 Å². The Kier molecular flexibility index (Phi) is 5.86. The van der Waals surface area contributed by atoms with Crippen molar-refractivity contribution < 1.29 is 14.5 Å². The molecule has 1 aromatic carbocycles. The first-order valence-corrected chi connectivity index (χ1v) is 10.8. The van der Waals surface area contributed by atoms with E-state index < -0.39 is 5.97 Å².